The fraction of sp³-hybridized carbons (Fsp3) is 0.333. The summed E-state index contributed by atoms with van der Waals surface area (Å²) in [7, 11) is 0. The topological polar surface area (TPSA) is 79.8 Å². The van der Waals surface area contributed by atoms with Gasteiger partial charge in [-0.2, -0.15) is 0 Å². The smallest absolute Gasteiger partial charge is 0.257 e. The molecule has 2 heterocycles. The highest BCUT2D eigenvalue weighted by Crippen LogP contribution is 2.16. The summed E-state index contributed by atoms with van der Waals surface area (Å²) in [6.07, 6.45) is 2.16. The van der Waals surface area contributed by atoms with Crippen LogP contribution in [0.1, 0.15) is 32.9 Å². The monoisotopic (exact) mass is 397 g/mol. The first-order valence-corrected chi connectivity index (χ1v) is 8.58. The second kappa shape index (κ2) is 9.07. The number of halogens is 2. The average Bonchev–Trinajstić information content (AvgIpc) is 2.97. The first-order chi connectivity index (χ1) is 12.1. The molecule has 0 aliphatic carbocycles. The molecule has 0 unspecified atom stereocenters. The Labute approximate surface area is 163 Å². The number of hydrogen-bond acceptors (Lipinski definition) is 4. The highest BCUT2D eigenvalue weighted by atomic mass is 35.5. The summed E-state index contributed by atoms with van der Waals surface area (Å²) in [4.78, 5) is 28.7. The van der Waals surface area contributed by atoms with E-state index in [1.165, 1.54) is 6.26 Å². The summed E-state index contributed by atoms with van der Waals surface area (Å²) in [5, 5.41) is 0.535. The summed E-state index contributed by atoms with van der Waals surface area (Å²) >= 11 is 5.97. The summed E-state index contributed by atoms with van der Waals surface area (Å²) in [5.41, 5.74) is 6.57. The van der Waals surface area contributed by atoms with Crippen LogP contribution >= 0.6 is 24.0 Å². The molecule has 1 aromatic carbocycles. The van der Waals surface area contributed by atoms with Crippen molar-refractivity contribution in [3.05, 3.63) is 58.5 Å². The molecule has 2 N–H and O–H groups in total. The van der Waals surface area contributed by atoms with Gasteiger partial charge in [-0.15, -0.1) is 12.4 Å². The second-order valence-electron chi connectivity index (χ2n) is 5.95. The van der Waals surface area contributed by atoms with Gasteiger partial charge in [0.15, 0.2) is 0 Å². The fourth-order valence-corrected chi connectivity index (χ4v) is 3.10. The standard InChI is InChI=1S/C18H20ClN3O3.ClH/c19-15-4-1-3-13(9-15)17(23)21-5-2-6-22(8-7-21)18(24)14-10-16(11-20)25-12-14;/h1,3-4,9-10,12H,2,5-8,11,20H2;1H. The van der Waals surface area contributed by atoms with E-state index in [1.807, 2.05) is 0 Å². The van der Waals surface area contributed by atoms with E-state index in [0.29, 0.717) is 48.1 Å². The van der Waals surface area contributed by atoms with E-state index in [1.54, 1.807) is 40.1 Å². The van der Waals surface area contributed by atoms with E-state index < -0.39 is 0 Å². The Morgan fingerprint density at radius 2 is 1.69 bits per heavy atom. The van der Waals surface area contributed by atoms with Gasteiger partial charge in [-0.1, -0.05) is 17.7 Å². The molecule has 26 heavy (non-hydrogen) atoms. The molecule has 1 aliphatic rings. The van der Waals surface area contributed by atoms with Crippen molar-refractivity contribution < 1.29 is 14.0 Å². The molecular formula is C18H21Cl2N3O3. The van der Waals surface area contributed by atoms with Gasteiger partial charge in [0.05, 0.1) is 12.1 Å². The van der Waals surface area contributed by atoms with E-state index >= 15 is 0 Å². The van der Waals surface area contributed by atoms with Crippen molar-refractivity contribution in [2.75, 3.05) is 26.2 Å². The van der Waals surface area contributed by atoms with Gasteiger partial charge in [-0.25, -0.2) is 0 Å². The summed E-state index contributed by atoms with van der Waals surface area (Å²) in [5.74, 6) is 0.418. The lowest BCUT2D eigenvalue weighted by molar-refractivity contribution is 0.0718. The van der Waals surface area contributed by atoms with Crippen molar-refractivity contribution in [1.29, 1.82) is 0 Å². The molecule has 8 heteroatoms. The molecule has 1 fully saturated rings. The third-order valence-corrected chi connectivity index (χ3v) is 4.48. The van der Waals surface area contributed by atoms with Crippen LogP contribution in [0, 0.1) is 0 Å². The highest BCUT2D eigenvalue weighted by Gasteiger charge is 2.24. The molecule has 0 atom stereocenters. The van der Waals surface area contributed by atoms with E-state index in [-0.39, 0.29) is 30.8 Å². The summed E-state index contributed by atoms with van der Waals surface area (Å²) in [6, 6.07) is 8.58. The van der Waals surface area contributed by atoms with E-state index in [0.717, 1.165) is 6.42 Å². The van der Waals surface area contributed by atoms with Gasteiger partial charge < -0.3 is 20.0 Å². The van der Waals surface area contributed by atoms with Crippen LogP contribution in [-0.2, 0) is 6.54 Å². The van der Waals surface area contributed by atoms with Crippen molar-refractivity contribution in [2.24, 2.45) is 5.73 Å². The number of carbonyl (C=O) groups excluding carboxylic acids is 2. The summed E-state index contributed by atoms with van der Waals surface area (Å²) < 4.78 is 5.24. The Kier molecular flexibility index (Phi) is 7.08. The first-order valence-electron chi connectivity index (χ1n) is 8.20. The zero-order chi connectivity index (χ0) is 17.8. The quantitative estimate of drug-likeness (QED) is 0.863. The van der Waals surface area contributed by atoms with Crippen LogP contribution in [0.2, 0.25) is 5.02 Å². The van der Waals surface area contributed by atoms with Gasteiger partial charge in [0.25, 0.3) is 11.8 Å². The number of benzene rings is 1. The maximum absolute atomic E-state index is 12.6. The third-order valence-electron chi connectivity index (χ3n) is 4.24. The van der Waals surface area contributed by atoms with Gasteiger partial charge in [-0.05, 0) is 30.7 Å². The van der Waals surface area contributed by atoms with Crippen molar-refractivity contribution in [2.45, 2.75) is 13.0 Å². The van der Waals surface area contributed by atoms with Gasteiger partial charge in [0.2, 0.25) is 0 Å². The van der Waals surface area contributed by atoms with Crippen LogP contribution in [0.3, 0.4) is 0 Å². The molecule has 1 aliphatic heterocycles. The number of rotatable bonds is 3. The van der Waals surface area contributed by atoms with Crippen LogP contribution in [-0.4, -0.2) is 47.8 Å². The maximum atomic E-state index is 12.6. The van der Waals surface area contributed by atoms with Crippen LogP contribution in [0.5, 0.6) is 0 Å². The molecule has 1 saturated heterocycles. The van der Waals surface area contributed by atoms with Gasteiger partial charge in [0.1, 0.15) is 12.0 Å². The predicted octanol–water partition coefficient (Wildman–Crippen LogP) is 2.80. The molecule has 0 saturated carbocycles. The minimum absolute atomic E-state index is 0. The maximum Gasteiger partial charge on any atom is 0.257 e. The number of hydrogen-bond donors (Lipinski definition) is 1. The molecule has 140 valence electrons. The number of amides is 2. The van der Waals surface area contributed by atoms with E-state index in [4.69, 9.17) is 21.8 Å². The van der Waals surface area contributed by atoms with E-state index in [9.17, 15) is 9.59 Å². The third kappa shape index (κ3) is 4.58. The van der Waals surface area contributed by atoms with Crippen LogP contribution in [0.4, 0.5) is 0 Å². The average molecular weight is 398 g/mol. The largest absolute Gasteiger partial charge is 0.467 e. The zero-order valence-corrected chi connectivity index (χ0v) is 15.8. The lowest BCUT2D eigenvalue weighted by atomic mass is 10.2. The SMILES string of the molecule is Cl.NCc1cc(C(=O)N2CCCN(C(=O)c3cccc(Cl)c3)CC2)co1. The number of furan rings is 1. The molecule has 2 amide bonds. The normalized spacial score (nSPS) is 14.5. The Morgan fingerprint density at radius 1 is 1.04 bits per heavy atom. The molecule has 0 bridgehead atoms. The Balaban J connectivity index is 0.00000243. The van der Waals surface area contributed by atoms with Gasteiger partial charge >= 0.3 is 0 Å². The molecule has 2 aromatic rings. The predicted molar refractivity (Wildman–Crippen MR) is 102 cm³/mol. The van der Waals surface area contributed by atoms with Crippen molar-refractivity contribution in [3.63, 3.8) is 0 Å². The number of nitrogens with zero attached hydrogens (tertiary/aromatic N) is 2. The minimum Gasteiger partial charge on any atom is -0.467 e. The first kappa shape index (κ1) is 20.3. The van der Waals surface area contributed by atoms with Crippen molar-refractivity contribution in [3.8, 4) is 0 Å². The lowest BCUT2D eigenvalue weighted by Crippen LogP contribution is -2.37. The lowest BCUT2D eigenvalue weighted by Gasteiger charge is -2.22. The Morgan fingerprint density at radius 3 is 2.27 bits per heavy atom. The summed E-state index contributed by atoms with van der Waals surface area (Å²) in [6.45, 7) is 2.43. The second-order valence-corrected chi connectivity index (χ2v) is 6.39. The van der Waals surface area contributed by atoms with Crippen LogP contribution in [0.15, 0.2) is 41.0 Å². The molecule has 0 radical (unpaired) electrons. The fourth-order valence-electron chi connectivity index (χ4n) is 2.91. The molecule has 0 spiro atoms. The molecule has 1 aromatic heterocycles. The molecule has 3 rings (SSSR count). The van der Waals surface area contributed by atoms with E-state index in [2.05, 4.69) is 0 Å². The van der Waals surface area contributed by atoms with Crippen molar-refractivity contribution >= 4 is 35.8 Å². The Hall–Kier alpha value is -2.02. The van der Waals surface area contributed by atoms with Gasteiger partial charge in [-0.3, -0.25) is 9.59 Å². The molecule has 6 nitrogen and oxygen atoms in total. The van der Waals surface area contributed by atoms with Crippen LogP contribution < -0.4 is 5.73 Å². The zero-order valence-electron chi connectivity index (χ0n) is 14.2. The highest BCUT2D eigenvalue weighted by molar-refractivity contribution is 6.30. The van der Waals surface area contributed by atoms with Gasteiger partial charge in [0, 0.05) is 36.8 Å². The number of carbonyl (C=O) groups is 2. The Bertz CT molecular complexity index is 779. The number of nitrogens with two attached hydrogens (primary N) is 1. The van der Waals surface area contributed by atoms with Crippen molar-refractivity contribution in [1.82, 2.24) is 9.80 Å². The molecular weight excluding hydrogens is 377 g/mol. The minimum atomic E-state index is -0.0968. The van der Waals surface area contributed by atoms with Crippen LogP contribution in [0.25, 0.3) is 0 Å².